The molecule has 3 heteroatoms. The molecule has 0 saturated carbocycles. The van der Waals surface area contributed by atoms with Gasteiger partial charge in [0.05, 0.1) is 0 Å². The van der Waals surface area contributed by atoms with Gasteiger partial charge >= 0.3 is 5.97 Å². The van der Waals surface area contributed by atoms with Crippen LogP contribution < -0.4 is 0 Å². The van der Waals surface area contributed by atoms with Crippen LogP contribution in [0.1, 0.15) is 12.8 Å². The van der Waals surface area contributed by atoms with Crippen molar-refractivity contribution in [3.8, 4) is 0 Å². The van der Waals surface area contributed by atoms with E-state index < -0.39 is 0 Å². The topological polar surface area (TPSA) is 26.3 Å². The lowest BCUT2D eigenvalue weighted by molar-refractivity contribution is -0.138. The molecule has 0 aliphatic rings. The Bertz CT molecular complexity index is 72.8. The van der Waals surface area contributed by atoms with Crippen LogP contribution >= 0.6 is 12.6 Å². The zero-order valence-electron chi connectivity index (χ0n) is 4.59. The molecule has 0 aliphatic heterocycles. The van der Waals surface area contributed by atoms with Crippen LogP contribution in [0.25, 0.3) is 0 Å². The molecule has 0 amide bonds. The van der Waals surface area contributed by atoms with Crippen molar-refractivity contribution in [2.45, 2.75) is 12.8 Å². The molecule has 0 aromatic rings. The molecule has 2 nitrogen and oxygen atoms in total. The molecule has 0 aromatic carbocycles. The molecule has 0 saturated heterocycles. The van der Waals surface area contributed by atoms with Gasteiger partial charge in [-0.05, 0) is 12.2 Å². The van der Waals surface area contributed by atoms with Gasteiger partial charge in [0.15, 0.2) is 0 Å². The quantitative estimate of drug-likeness (QED) is 0.459. The molecule has 0 heterocycles. The molecule has 0 aliphatic carbocycles. The Hall–Kier alpha value is -0.180. The van der Waals surface area contributed by atoms with Gasteiger partial charge in [0, 0.05) is 6.42 Å². The highest BCUT2D eigenvalue weighted by Gasteiger charge is 1.95. The first-order valence-corrected chi connectivity index (χ1v) is 3.00. The maximum Gasteiger partial charge on any atom is 0.305 e. The van der Waals surface area contributed by atoms with Gasteiger partial charge < -0.3 is 4.74 Å². The first-order valence-electron chi connectivity index (χ1n) is 2.37. The number of thiol groups is 1. The molecule has 47 valence electrons. The van der Waals surface area contributed by atoms with Gasteiger partial charge in [-0.15, -0.1) is 0 Å². The number of rotatable bonds is 3. The molecule has 0 unspecified atom stereocenters. The van der Waals surface area contributed by atoms with Crippen LogP contribution in [0.3, 0.4) is 0 Å². The van der Waals surface area contributed by atoms with E-state index in [0.29, 0.717) is 6.42 Å². The Morgan fingerprint density at radius 1 is 1.75 bits per heavy atom. The van der Waals surface area contributed by atoms with E-state index in [1.54, 1.807) is 0 Å². The number of esters is 1. The molecular formula is C5H9O2S. The lowest BCUT2D eigenvalue weighted by Gasteiger charge is -1.92. The number of ether oxygens (including phenoxy) is 1. The van der Waals surface area contributed by atoms with Crippen molar-refractivity contribution in [1.29, 1.82) is 0 Å². The standard InChI is InChI=1S/C5H9O2S/c1-7-5(6)3-2-4-8/h8H,1-4H2. The first kappa shape index (κ1) is 7.82. The summed E-state index contributed by atoms with van der Waals surface area (Å²) in [5, 5.41) is 0. The molecule has 1 radical (unpaired) electrons. The van der Waals surface area contributed by atoms with Crippen molar-refractivity contribution in [2.75, 3.05) is 5.75 Å². The minimum absolute atomic E-state index is 0.265. The molecule has 0 N–H and O–H groups in total. The fourth-order valence-corrected chi connectivity index (χ4v) is 0.454. The minimum atomic E-state index is -0.265. The number of hydrogen-bond donors (Lipinski definition) is 1. The minimum Gasteiger partial charge on any atom is -0.462 e. The Morgan fingerprint density at radius 3 is 2.75 bits per heavy atom. The van der Waals surface area contributed by atoms with E-state index in [1.165, 1.54) is 0 Å². The van der Waals surface area contributed by atoms with Crippen LogP contribution in [0.5, 0.6) is 0 Å². The maximum atomic E-state index is 10.3. The molecule has 0 spiro atoms. The summed E-state index contributed by atoms with van der Waals surface area (Å²) >= 11 is 3.91. The summed E-state index contributed by atoms with van der Waals surface area (Å²) in [7, 11) is 2.96. The summed E-state index contributed by atoms with van der Waals surface area (Å²) in [6.07, 6.45) is 1.18. The van der Waals surface area contributed by atoms with E-state index in [4.69, 9.17) is 0 Å². The monoisotopic (exact) mass is 133 g/mol. The highest BCUT2D eigenvalue weighted by Crippen LogP contribution is 1.92. The molecule has 0 aromatic heterocycles. The van der Waals surface area contributed by atoms with Crippen molar-refractivity contribution < 1.29 is 9.53 Å². The van der Waals surface area contributed by atoms with Gasteiger partial charge in [-0.1, -0.05) is 0 Å². The summed E-state index contributed by atoms with van der Waals surface area (Å²) in [6, 6.07) is 0. The highest BCUT2D eigenvalue weighted by molar-refractivity contribution is 7.80. The van der Waals surface area contributed by atoms with E-state index in [9.17, 15) is 4.79 Å². The van der Waals surface area contributed by atoms with Crippen LogP contribution in [-0.2, 0) is 9.53 Å². The second kappa shape index (κ2) is 4.97. The van der Waals surface area contributed by atoms with E-state index in [1.807, 2.05) is 0 Å². The lowest BCUT2D eigenvalue weighted by Crippen LogP contribution is -1.97. The zero-order chi connectivity index (χ0) is 6.41. The third kappa shape index (κ3) is 3.99. The fraction of sp³-hybridized carbons (Fsp3) is 0.600. The van der Waals surface area contributed by atoms with Crippen LogP contribution in [0, 0.1) is 7.11 Å². The Labute approximate surface area is 54.6 Å². The van der Waals surface area contributed by atoms with Gasteiger partial charge in [-0.25, -0.2) is 0 Å². The second-order valence-electron chi connectivity index (χ2n) is 1.34. The molecule has 0 fully saturated rings. The molecular weight excluding hydrogens is 124 g/mol. The molecule has 8 heavy (non-hydrogen) atoms. The van der Waals surface area contributed by atoms with Gasteiger partial charge in [0.2, 0.25) is 0 Å². The van der Waals surface area contributed by atoms with Crippen molar-refractivity contribution in [1.82, 2.24) is 0 Å². The van der Waals surface area contributed by atoms with Gasteiger partial charge in [-0.2, -0.15) is 12.6 Å². The Balaban J connectivity index is 2.99. The van der Waals surface area contributed by atoms with E-state index in [0.717, 1.165) is 12.2 Å². The summed E-state index contributed by atoms with van der Waals surface area (Å²) in [4.78, 5) is 10.3. The normalized spacial score (nSPS) is 8.75. The molecule has 0 bridgehead atoms. The third-order valence-electron chi connectivity index (χ3n) is 0.700. The van der Waals surface area contributed by atoms with E-state index in [2.05, 4.69) is 24.5 Å². The second-order valence-corrected chi connectivity index (χ2v) is 1.79. The van der Waals surface area contributed by atoms with Gasteiger partial charge in [0.25, 0.3) is 0 Å². The van der Waals surface area contributed by atoms with E-state index in [-0.39, 0.29) is 5.97 Å². The van der Waals surface area contributed by atoms with E-state index >= 15 is 0 Å². The summed E-state index contributed by atoms with van der Waals surface area (Å²) < 4.78 is 4.13. The third-order valence-corrected chi connectivity index (χ3v) is 1.02. The van der Waals surface area contributed by atoms with Crippen LogP contribution in [0.4, 0.5) is 0 Å². The lowest BCUT2D eigenvalue weighted by atomic mass is 10.3. The van der Waals surface area contributed by atoms with Gasteiger partial charge in [-0.3, -0.25) is 4.79 Å². The zero-order valence-corrected chi connectivity index (χ0v) is 5.49. The summed E-state index contributed by atoms with van der Waals surface area (Å²) in [5.41, 5.74) is 0. The summed E-state index contributed by atoms with van der Waals surface area (Å²) in [6.45, 7) is 0. The Morgan fingerprint density at radius 2 is 2.38 bits per heavy atom. The highest BCUT2D eigenvalue weighted by atomic mass is 32.1. The average Bonchev–Trinajstić information content (AvgIpc) is 1.83. The number of carbonyl (C=O) groups is 1. The van der Waals surface area contributed by atoms with Crippen molar-refractivity contribution >= 4 is 18.6 Å². The van der Waals surface area contributed by atoms with Crippen LogP contribution in [-0.4, -0.2) is 11.7 Å². The van der Waals surface area contributed by atoms with Crippen molar-refractivity contribution in [3.63, 3.8) is 0 Å². The largest absolute Gasteiger partial charge is 0.462 e. The van der Waals surface area contributed by atoms with Crippen molar-refractivity contribution in [2.24, 2.45) is 0 Å². The molecule has 0 atom stereocenters. The fourth-order valence-electron chi connectivity index (χ4n) is 0.296. The molecule has 0 rings (SSSR count). The number of hydrogen-bond acceptors (Lipinski definition) is 3. The predicted octanol–water partition coefficient (Wildman–Crippen LogP) is 1.03. The smallest absolute Gasteiger partial charge is 0.305 e. The van der Waals surface area contributed by atoms with Crippen LogP contribution in [0.15, 0.2) is 0 Å². The average molecular weight is 133 g/mol. The van der Waals surface area contributed by atoms with Gasteiger partial charge in [0.1, 0.15) is 7.11 Å². The predicted molar refractivity (Wildman–Crippen MR) is 34.5 cm³/mol. The summed E-state index contributed by atoms with van der Waals surface area (Å²) in [5.74, 6) is 0.453. The first-order chi connectivity index (χ1) is 3.81. The van der Waals surface area contributed by atoms with Crippen molar-refractivity contribution in [3.05, 3.63) is 7.11 Å². The maximum absolute atomic E-state index is 10.3. The Kier molecular flexibility index (Phi) is 4.85. The SMILES string of the molecule is [CH2]OC(=O)CCCS. The van der Waals surface area contributed by atoms with Crippen LogP contribution in [0.2, 0.25) is 0 Å². The number of carbonyl (C=O) groups excluding carboxylic acids is 1.